The molecule has 0 aliphatic carbocycles. The Morgan fingerprint density at radius 3 is 2.75 bits per heavy atom. The summed E-state index contributed by atoms with van der Waals surface area (Å²) in [6.45, 7) is 4.00. The van der Waals surface area contributed by atoms with Crippen molar-refractivity contribution in [3.05, 3.63) is 52.7 Å². The van der Waals surface area contributed by atoms with Gasteiger partial charge in [-0.15, -0.1) is 11.6 Å². The number of hydrogen-bond donors (Lipinski definition) is 0. The highest BCUT2D eigenvalue weighted by atomic mass is 35.5. The molecule has 5 heteroatoms. The number of aryl methyl sites for hydroxylation is 1. The standard InChI is InChI=1S/C15H14Cl2N2O/c1-9-3-6-14(20-9)10(2)19-13-7-11(17)4-5-12(13)18-15(19)8-16/h3-7,10H,8H2,1-2H3. The largest absolute Gasteiger partial charge is 0.464 e. The van der Waals surface area contributed by atoms with Crippen molar-refractivity contribution < 1.29 is 4.42 Å². The summed E-state index contributed by atoms with van der Waals surface area (Å²) in [5.41, 5.74) is 1.86. The number of nitrogens with zero attached hydrogens (tertiary/aromatic N) is 2. The molecule has 0 aliphatic heterocycles. The minimum atomic E-state index is 0.0147. The van der Waals surface area contributed by atoms with Crippen LogP contribution >= 0.6 is 23.2 Å². The first-order chi connectivity index (χ1) is 9.60. The molecule has 0 bridgehead atoms. The van der Waals surface area contributed by atoms with Crippen molar-refractivity contribution in [2.45, 2.75) is 25.8 Å². The number of benzene rings is 1. The molecule has 0 radical (unpaired) electrons. The second-order valence-electron chi connectivity index (χ2n) is 4.79. The molecule has 104 valence electrons. The van der Waals surface area contributed by atoms with Gasteiger partial charge in [-0.25, -0.2) is 4.98 Å². The number of hydrogen-bond acceptors (Lipinski definition) is 2. The minimum absolute atomic E-state index is 0.0147. The van der Waals surface area contributed by atoms with E-state index in [0.717, 1.165) is 28.4 Å². The molecule has 0 saturated carbocycles. The molecule has 0 saturated heterocycles. The average Bonchev–Trinajstić information content (AvgIpc) is 3.01. The highest BCUT2D eigenvalue weighted by Gasteiger charge is 2.19. The van der Waals surface area contributed by atoms with Crippen LogP contribution in [0, 0.1) is 6.92 Å². The van der Waals surface area contributed by atoms with Gasteiger partial charge in [0.1, 0.15) is 17.3 Å². The van der Waals surface area contributed by atoms with E-state index in [9.17, 15) is 0 Å². The van der Waals surface area contributed by atoms with Gasteiger partial charge in [0, 0.05) is 5.02 Å². The van der Waals surface area contributed by atoms with Crippen molar-refractivity contribution in [3.8, 4) is 0 Å². The lowest BCUT2D eigenvalue weighted by Gasteiger charge is -2.14. The van der Waals surface area contributed by atoms with Crippen molar-refractivity contribution in [2.75, 3.05) is 0 Å². The number of rotatable bonds is 3. The van der Waals surface area contributed by atoms with Crippen LogP contribution in [0.2, 0.25) is 5.02 Å². The first-order valence-corrected chi connectivity index (χ1v) is 7.30. The number of furan rings is 1. The van der Waals surface area contributed by atoms with Gasteiger partial charge < -0.3 is 8.98 Å². The van der Waals surface area contributed by atoms with Gasteiger partial charge in [-0.3, -0.25) is 0 Å². The van der Waals surface area contributed by atoms with Crippen molar-refractivity contribution in [2.24, 2.45) is 0 Å². The lowest BCUT2D eigenvalue weighted by molar-refractivity contribution is 0.429. The summed E-state index contributed by atoms with van der Waals surface area (Å²) in [7, 11) is 0. The molecule has 2 heterocycles. The van der Waals surface area contributed by atoms with E-state index in [1.807, 2.05) is 37.3 Å². The third-order valence-corrected chi connectivity index (χ3v) is 3.88. The molecule has 0 N–H and O–H groups in total. The molecule has 1 aromatic carbocycles. The molecule has 3 nitrogen and oxygen atoms in total. The average molecular weight is 309 g/mol. The second kappa shape index (κ2) is 5.15. The normalized spacial score (nSPS) is 13.0. The Balaban J connectivity index is 2.20. The van der Waals surface area contributed by atoms with E-state index in [-0.39, 0.29) is 6.04 Å². The summed E-state index contributed by atoms with van der Waals surface area (Å²) in [5.74, 6) is 2.93. The first-order valence-electron chi connectivity index (χ1n) is 6.39. The molecular formula is C15H14Cl2N2O. The van der Waals surface area contributed by atoms with Gasteiger partial charge in [0.05, 0.1) is 23.0 Å². The fraction of sp³-hybridized carbons (Fsp3) is 0.267. The Bertz CT molecular complexity index is 760. The zero-order valence-electron chi connectivity index (χ0n) is 11.2. The van der Waals surface area contributed by atoms with Gasteiger partial charge in [0.2, 0.25) is 0 Å². The second-order valence-corrected chi connectivity index (χ2v) is 5.49. The SMILES string of the molecule is Cc1ccc(C(C)n2c(CCl)nc3ccc(Cl)cc32)o1. The molecule has 1 unspecified atom stereocenters. The number of fused-ring (bicyclic) bond motifs is 1. The lowest BCUT2D eigenvalue weighted by Crippen LogP contribution is -2.09. The molecule has 0 fully saturated rings. The van der Waals surface area contributed by atoms with Crippen LogP contribution in [0.15, 0.2) is 34.7 Å². The molecular weight excluding hydrogens is 295 g/mol. The Labute approximate surface area is 127 Å². The summed E-state index contributed by atoms with van der Waals surface area (Å²) in [5, 5.41) is 0.683. The molecule has 3 aromatic rings. The maximum atomic E-state index is 6.10. The van der Waals surface area contributed by atoms with E-state index < -0.39 is 0 Å². The Hall–Kier alpha value is -1.45. The summed E-state index contributed by atoms with van der Waals surface area (Å²) < 4.78 is 7.80. The monoisotopic (exact) mass is 308 g/mol. The van der Waals surface area contributed by atoms with Gasteiger partial charge in [0.15, 0.2) is 0 Å². The Kier molecular flexibility index (Phi) is 3.48. The minimum Gasteiger partial charge on any atom is -0.464 e. The predicted molar refractivity (Wildman–Crippen MR) is 81.6 cm³/mol. The quantitative estimate of drug-likeness (QED) is 0.642. The van der Waals surface area contributed by atoms with Crippen molar-refractivity contribution in [1.82, 2.24) is 9.55 Å². The van der Waals surface area contributed by atoms with Crippen LogP contribution in [0.25, 0.3) is 11.0 Å². The third-order valence-electron chi connectivity index (χ3n) is 3.40. The highest BCUT2D eigenvalue weighted by molar-refractivity contribution is 6.31. The number of imidazole rings is 1. The number of halogens is 2. The summed E-state index contributed by atoms with van der Waals surface area (Å²) in [4.78, 5) is 4.56. The van der Waals surface area contributed by atoms with Crippen LogP contribution in [-0.2, 0) is 5.88 Å². The lowest BCUT2D eigenvalue weighted by atomic mass is 10.2. The molecule has 0 spiro atoms. The molecule has 0 aliphatic rings. The van der Waals surface area contributed by atoms with Gasteiger partial charge in [0.25, 0.3) is 0 Å². The summed E-state index contributed by atoms with van der Waals surface area (Å²) in [6, 6.07) is 9.60. The van der Waals surface area contributed by atoms with Gasteiger partial charge in [-0.1, -0.05) is 11.6 Å². The maximum absolute atomic E-state index is 6.10. The summed E-state index contributed by atoms with van der Waals surface area (Å²) >= 11 is 12.1. The molecule has 20 heavy (non-hydrogen) atoms. The zero-order valence-corrected chi connectivity index (χ0v) is 12.7. The number of aromatic nitrogens is 2. The maximum Gasteiger partial charge on any atom is 0.126 e. The predicted octanol–water partition coefficient (Wildman–Crippen LogP) is 4.94. The van der Waals surface area contributed by atoms with Crippen molar-refractivity contribution in [1.29, 1.82) is 0 Å². The van der Waals surface area contributed by atoms with Crippen molar-refractivity contribution in [3.63, 3.8) is 0 Å². The molecule has 1 atom stereocenters. The van der Waals surface area contributed by atoms with E-state index in [4.69, 9.17) is 27.6 Å². The van der Waals surface area contributed by atoms with E-state index in [0.29, 0.717) is 10.9 Å². The molecule has 2 aromatic heterocycles. The van der Waals surface area contributed by atoms with E-state index in [1.165, 1.54) is 0 Å². The van der Waals surface area contributed by atoms with Crippen LogP contribution in [0.3, 0.4) is 0 Å². The third kappa shape index (κ3) is 2.21. The zero-order chi connectivity index (χ0) is 14.3. The van der Waals surface area contributed by atoms with Crippen LogP contribution in [0.1, 0.15) is 30.3 Å². The fourth-order valence-corrected chi connectivity index (χ4v) is 2.80. The van der Waals surface area contributed by atoms with Crippen molar-refractivity contribution >= 4 is 34.2 Å². The summed E-state index contributed by atoms with van der Waals surface area (Å²) in [6.07, 6.45) is 0. The first kappa shape index (κ1) is 13.5. The Morgan fingerprint density at radius 1 is 1.30 bits per heavy atom. The van der Waals surface area contributed by atoms with E-state index in [2.05, 4.69) is 16.5 Å². The van der Waals surface area contributed by atoms with Gasteiger partial charge in [-0.2, -0.15) is 0 Å². The highest BCUT2D eigenvalue weighted by Crippen LogP contribution is 2.29. The number of alkyl halides is 1. The van der Waals surface area contributed by atoms with E-state index >= 15 is 0 Å². The van der Waals surface area contributed by atoms with E-state index in [1.54, 1.807) is 0 Å². The fourth-order valence-electron chi connectivity index (χ4n) is 2.45. The van der Waals surface area contributed by atoms with Crippen LogP contribution in [-0.4, -0.2) is 9.55 Å². The molecule has 0 amide bonds. The topological polar surface area (TPSA) is 31.0 Å². The smallest absolute Gasteiger partial charge is 0.126 e. The molecule has 3 rings (SSSR count). The van der Waals surface area contributed by atoms with Crippen LogP contribution in [0.5, 0.6) is 0 Å². The van der Waals surface area contributed by atoms with Gasteiger partial charge >= 0.3 is 0 Å². The van der Waals surface area contributed by atoms with Crippen LogP contribution < -0.4 is 0 Å². The Morgan fingerprint density at radius 2 is 2.10 bits per heavy atom. The van der Waals surface area contributed by atoms with Crippen LogP contribution in [0.4, 0.5) is 0 Å². The van der Waals surface area contributed by atoms with Gasteiger partial charge in [-0.05, 0) is 44.2 Å².